The highest BCUT2D eigenvalue weighted by Crippen LogP contribution is 2.26. The molecule has 0 saturated carbocycles. The molecule has 3 heteroatoms. The summed E-state index contributed by atoms with van der Waals surface area (Å²) in [4.78, 5) is 4.30. The summed E-state index contributed by atoms with van der Waals surface area (Å²) in [5.74, 6) is 0. The second-order valence-electron chi connectivity index (χ2n) is 4.59. The number of aliphatic hydroxyl groups excluding tert-OH is 1. The van der Waals surface area contributed by atoms with E-state index in [9.17, 15) is 5.11 Å². The summed E-state index contributed by atoms with van der Waals surface area (Å²) in [5.41, 5.74) is 4.47. The van der Waals surface area contributed by atoms with Gasteiger partial charge in [-0.25, -0.2) is 0 Å². The fourth-order valence-corrected chi connectivity index (χ4v) is 2.19. The van der Waals surface area contributed by atoms with Gasteiger partial charge in [0.05, 0.1) is 0 Å². The van der Waals surface area contributed by atoms with Crippen LogP contribution >= 0.6 is 11.6 Å². The molecule has 0 aliphatic rings. The van der Waals surface area contributed by atoms with Crippen molar-refractivity contribution in [1.82, 2.24) is 4.98 Å². The van der Waals surface area contributed by atoms with Gasteiger partial charge in [-0.05, 0) is 55.7 Å². The molecule has 2 rings (SSSR count). The zero-order valence-corrected chi connectivity index (χ0v) is 11.5. The second-order valence-corrected chi connectivity index (χ2v) is 5.00. The van der Waals surface area contributed by atoms with Crippen LogP contribution in [0.5, 0.6) is 0 Å². The van der Waals surface area contributed by atoms with Crippen molar-refractivity contribution in [2.75, 3.05) is 0 Å². The molecule has 0 aliphatic carbocycles. The molecule has 0 fully saturated rings. The highest BCUT2D eigenvalue weighted by molar-refractivity contribution is 6.31. The van der Waals surface area contributed by atoms with Crippen molar-refractivity contribution in [3.63, 3.8) is 0 Å². The molecule has 0 bridgehead atoms. The quantitative estimate of drug-likeness (QED) is 0.893. The predicted octanol–water partition coefficient (Wildman–Crippen LogP) is 3.74. The first-order chi connectivity index (χ1) is 8.47. The topological polar surface area (TPSA) is 33.1 Å². The molecule has 0 saturated heterocycles. The maximum atomic E-state index is 10.4. The average Bonchev–Trinajstić information content (AvgIpc) is 2.30. The third kappa shape index (κ3) is 2.71. The van der Waals surface area contributed by atoms with Crippen LogP contribution in [0, 0.1) is 20.8 Å². The van der Waals surface area contributed by atoms with E-state index in [4.69, 9.17) is 11.6 Å². The third-order valence-electron chi connectivity index (χ3n) is 2.93. The number of hydrogen-bond donors (Lipinski definition) is 1. The first-order valence-electron chi connectivity index (χ1n) is 5.86. The van der Waals surface area contributed by atoms with Crippen molar-refractivity contribution in [2.45, 2.75) is 26.9 Å². The molecule has 1 aromatic heterocycles. The van der Waals surface area contributed by atoms with Gasteiger partial charge in [-0.15, -0.1) is 0 Å². The molecule has 1 heterocycles. The fourth-order valence-electron chi connectivity index (χ4n) is 2.00. The number of halogens is 1. The number of benzene rings is 1. The third-order valence-corrected chi connectivity index (χ3v) is 3.34. The molecule has 1 unspecified atom stereocenters. The summed E-state index contributed by atoms with van der Waals surface area (Å²) < 4.78 is 0. The summed E-state index contributed by atoms with van der Waals surface area (Å²) in [6.45, 7) is 5.79. The molecular weight excluding hydrogens is 246 g/mol. The number of pyridine rings is 1. The first-order valence-corrected chi connectivity index (χ1v) is 6.24. The standard InChI is InChI=1S/C15H16ClNO/c1-9-4-5-12(8-14(9)16)15(18)13-6-10(2)17-11(3)7-13/h4-8,15,18H,1-3H3. The van der Waals surface area contributed by atoms with Gasteiger partial charge in [0.2, 0.25) is 0 Å². The number of hydrogen-bond acceptors (Lipinski definition) is 2. The largest absolute Gasteiger partial charge is 0.384 e. The number of nitrogens with zero attached hydrogens (tertiary/aromatic N) is 1. The normalized spacial score (nSPS) is 12.5. The van der Waals surface area contributed by atoms with Crippen LogP contribution in [0.2, 0.25) is 5.02 Å². The first kappa shape index (κ1) is 13.1. The van der Waals surface area contributed by atoms with E-state index in [1.807, 2.05) is 51.1 Å². The number of aromatic nitrogens is 1. The van der Waals surface area contributed by atoms with Crippen LogP contribution in [0.1, 0.15) is 34.2 Å². The van der Waals surface area contributed by atoms with Crippen LogP contribution in [0.3, 0.4) is 0 Å². The highest BCUT2D eigenvalue weighted by atomic mass is 35.5. The molecule has 0 aliphatic heterocycles. The monoisotopic (exact) mass is 261 g/mol. The van der Waals surface area contributed by atoms with Crippen molar-refractivity contribution in [1.29, 1.82) is 0 Å². The lowest BCUT2D eigenvalue weighted by Gasteiger charge is -2.13. The summed E-state index contributed by atoms with van der Waals surface area (Å²) in [6, 6.07) is 9.42. The lowest BCUT2D eigenvalue weighted by molar-refractivity contribution is 0.220. The molecule has 0 spiro atoms. The Morgan fingerprint density at radius 2 is 1.61 bits per heavy atom. The van der Waals surface area contributed by atoms with E-state index in [0.29, 0.717) is 5.02 Å². The SMILES string of the molecule is Cc1cc(C(O)c2ccc(C)c(Cl)c2)cc(C)n1. The zero-order valence-electron chi connectivity index (χ0n) is 10.7. The van der Waals surface area contributed by atoms with Crippen LogP contribution in [0.15, 0.2) is 30.3 Å². The Bertz CT molecular complexity index is 560. The van der Waals surface area contributed by atoms with Gasteiger partial charge in [0.25, 0.3) is 0 Å². The minimum atomic E-state index is -0.663. The smallest absolute Gasteiger partial charge is 0.104 e. The van der Waals surface area contributed by atoms with E-state index in [1.165, 1.54) is 0 Å². The Labute approximate surface area is 112 Å². The summed E-state index contributed by atoms with van der Waals surface area (Å²) in [5, 5.41) is 11.0. The summed E-state index contributed by atoms with van der Waals surface area (Å²) in [6.07, 6.45) is -0.663. The maximum Gasteiger partial charge on any atom is 0.104 e. The van der Waals surface area contributed by atoms with E-state index < -0.39 is 6.10 Å². The zero-order chi connectivity index (χ0) is 13.3. The Kier molecular flexibility index (Phi) is 3.69. The number of aliphatic hydroxyl groups is 1. The minimum absolute atomic E-state index is 0.663. The Morgan fingerprint density at radius 1 is 1.00 bits per heavy atom. The molecule has 0 amide bonds. The molecule has 2 aromatic rings. The van der Waals surface area contributed by atoms with E-state index in [-0.39, 0.29) is 0 Å². The number of rotatable bonds is 2. The number of aryl methyl sites for hydroxylation is 3. The molecule has 18 heavy (non-hydrogen) atoms. The highest BCUT2D eigenvalue weighted by Gasteiger charge is 2.12. The Hall–Kier alpha value is -1.38. The minimum Gasteiger partial charge on any atom is -0.384 e. The van der Waals surface area contributed by atoms with Crippen molar-refractivity contribution in [2.24, 2.45) is 0 Å². The van der Waals surface area contributed by atoms with Crippen molar-refractivity contribution in [3.05, 3.63) is 63.4 Å². The van der Waals surface area contributed by atoms with Gasteiger partial charge in [0.1, 0.15) is 6.10 Å². The average molecular weight is 262 g/mol. The Balaban J connectivity index is 2.40. The molecule has 94 valence electrons. The summed E-state index contributed by atoms with van der Waals surface area (Å²) in [7, 11) is 0. The van der Waals surface area contributed by atoms with Gasteiger partial charge in [0, 0.05) is 16.4 Å². The van der Waals surface area contributed by atoms with E-state index in [0.717, 1.165) is 28.1 Å². The van der Waals surface area contributed by atoms with Crippen LogP contribution in [0.4, 0.5) is 0 Å². The van der Waals surface area contributed by atoms with E-state index in [2.05, 4.69) is 4.98 Å². The van der Waals surface area contributed by atoms with Crippen molar-refractivity contribution < 1.29 is 5.11 Å². The fraction of sp³-hybridized carbons (Fsp3) is 0.267. The van der Waals surface area contributed by atoms with Gasteiger partial charge in [-0.3, -0.25) is 4.98 Å². The van der Waals surface area contributed by atoms with Crippen LogP contribution < -0.4 is 0 Å². The molecule has 1 N–H and O–H groups in total. The molecular formula is C15H16ClNO. The molecule has 0 radical (unpaired) electrons. The lowest BCUT2D eigenvalue weighted by atomic mass is 10.00. The maximum absolute atomic E-state index is 10.4. The van der Waals surface area contributed by atoms with E-state index >= 15 is 0 Å². The second kappa shape index (κ2) is 5.09. The molecule has 1 atom stereocenters. The summed E-state index contributed by atoms with van der Waals surface area (Å²) >= 11 is 6.08. The van der Waals surface area contributed by atoms with Crippen LogP contribution in [0.25, 0.3) is 0 Å². The van der Waals surface area contributed by atoms with Gasteiger partial charge in [-0.1, -0.05) is 23.7 Å². The van der Waals surface area contributed by atoms with Crippen molar-refractivity contribution >= 4 is 11.6 Å². The van der Waals surface area contributed by atoms with Gasteiger partial charge >= 0.3 is 0 Å². The van der Waals surface area contributed by atoms with Crippen LogP contribution in [-0.4, -0.2) is 10.1 Å². The predicted molar refractivity (Wildman–Crippen MR) is 74.0 cm³/mol. The Morgan fingerprint density at radius 3 is 2.17 bits per heavy atom. The van der Waals surface area contributed by atoms with Crippen molar-refractivity contribution in [3.8, 4) is 0 Å². The molecule has 2 nitrogen and oxygen atoms in total. The van der Waals surface area contributed by atoms with Gasteiger partial charge in [-0.2, -0.15) is 0 Å². The lowest BCUT2D eigenvalue weighted by Crippen LogP contribution is -2.02. The van der Waals surface area contributed by atoms with E-state index in [1.54, 1.807) is 0 Å². The van der Waals surface area contributed by atoms with Gasteiger partial charge < -0.3 is 5.11 Å². The van der Waals surface area contributed by atoms with Gasteiger partial charge in [0.15, 0.2) is 0 Å². The van der Waals surface area contributed by atoms with Crippen LogP contribution in [-0.2, 0) is 0 Å². The molecule has 1 aromatic carbocycles.